The molecule has 0 bridgehead atoms. The molecule has 0 unspecified atom stereocenters. The van der Waals surface area contributed by atoms with Gasteiger partial charge in [-0.05, 0) is 51.7 Å². The number of carbonyl (C=O) groups is 1. The van der Waals surface area contributed by atoms with Crippen molar-refractivity contribution in [3.63, 3.8) is 0 Å². The number of halogens is 1. The second-order valence-corrected chi connectivity index (χ2v) is 6.54. The van der Waals surface area contributed by atoms with Gasteiger partial charge in [-0.3, -0.25) is 4.79 Å². The van der Waals surface area contributed by atoms with Gasteiger partial charge in [-0.25, -0.2) is 0 Å². The van der Waals surface area contributed by atoms with Crippen molar-refractivity contribution < 1.29 is 4.79 Å². The van der Waals surface area contributed by atoms with Crippen LogP contribution in [0.15, 0.2) is 15.2 Å². The lowest BCUT2D eigenvalue weighted by molar-refractivity contribution is -0.128. The average molecular weight is 288 g/mol. The van der Waals surface area contributed by atoms with Gasteiger partial charge in [0.05, 0.1) is 3.79 Å². The molecule has 0 atom stereocenters. The summed E-state index contributed by atoms with van der Waals surface area (Å²) in [7, 11) is 0. The van der Waals surface area contributed by atoms with Gasteiger partial charge in [0.1, 0.15) is 0 Å². The first-order chi connectivity index (χ1) is 7.15. The van der Waals surface area contributed by atoms with Gasteiger partial charge in [0.2, 0.25) is 5.91 Å². The van der Waals surface area contributed by atoms with Crippen LogP contribution in [0, 0.1) is 11.8 Å². The Balaban J connectivity index is 1.76. The fraction of sp³-hybridized carbons (Fsp3) is 0.545. The van der Waals surface area contributed by atoms with E-state index in [-0.39, 0.29) is 11.8 Å². The third kappa shape index (κ3) is 2.82. The highest BCUT2D eigenvalue weighted by Crippen LogP contribution is 2.33. The molecule has 0 aromatic carbocycles. The van der Waals surface area contributed by atoms with E-state index in [1.165, 1.54) is 5.56 Å². The summed E-state index contributed by atoms with van der Waals surface area (Å²) in [5.74, 6) is 1.22. The Kier molecular flexibility index (Phi) is 3.46. The first-order valence-electron chi connectivity index (χ1n) is 5.16. The van der Waals surface area contributed by atoms with Crippen LogP contribution in [0.1, 0.15) is 25.3 Å². The Hall–Kier alpha value is -0.350. The number of hydrogen-bond acceptors (Lipinski definition) is 2. The minimum Gasteiger partial charge on any atom is -0.352 e. The number of thiophene rings is 1. The predicted molar refractivity (Wildman–Crippen MR) is 65.8 cm³/mol. The van der Waals surface area contributed by atoms with Crippen LogP contribution in [-0.4, -0.2) is 5.91 Å². The van der Waals surface area contributed by atoms with Crippen molar-refractivity contribution in [1.29, 1.82) is 0 Å². The topological polar surface area (TPSA) is 29.1 Å². The van der Waals surface area contributed by atoms with E-state index in [2.05, 4.69) is 33.6 Å². The molecule has 0 spiro atoms. The fourth-order valence-electron chi connectivity index (χ4n) is 1.89. The third-order valence-corrected chi connectivity index (χ3v) is 4.39. The molecular weight excluding hydrogens is 274 g/mol. The van der Waals surface area contributed by atoms with Crippen molar-refractivity contribution in [2.24, 2.45) is 11.8 Å². The van der Waals surface area contributed by atoms with Crippen LogP contribution >= 0.6 is 27.3 Å². The Morgan fingerprint density at radius 3 is 2.93 bits per heavy atom. The van der Waals surface area contributed by atoms with Crippen LogP contribution in [0.3, 0.4) is 0 Å². The molecule has 0 saturated heterocycles. The summed E-state index contributed by atoms with van der Waals surface area (Å²) in [5.41, 5.74) is 1.17. The predicted octanol–water partition coefficient (Wildman–Crippen LogP) is 3.17. The Labute approximate surface area is 102 Å². The zero-order chi connectivity index (χ0) is 10.8. The van der Waals surface area contributed by atoms with Crippen LogP contribution < -0.4 is 5.32 Å². The molecule has 4 heteroatoms. The van der Waals surface area contributed by atoms with Gasteiger partial charge in [0.15, 0.2) is 0 Å². The third-order valence-electron chi connectivity index (χ3n) is 2.83. The quantitative estimate of drug-likeness (QED) is 0.909. The smallest absolute Gasteiger partial charge is 0.223 e. The standard InChI is InChI=1S/C11H14BrNOS/c1-7-2-9(3-7)11(14)13-5-8-4-10(12)15-6-8/h4,6-7,9H,2-3,5H2,1H3,(H,13,14). The lowest BCUT2D eigenvalue weighted by Gasteiger charge is -2.31. The molecule has 1 amide bonds. The van der Waals surface area contributed by atoms with Crippen molar-refractivity contribution in [3.8, 4) is 0 Å². The second-order valence-electron chi connectivity index (χ2n) is 4.25. The van der Waals surface area contributed by atoms with Gasteiger partial charge in [-0.2, -0.15) is 0 Å². The maximum Gasteiger partial charge on any atom is 0.223 e. The average Bonchev–Trinajstić information content (AvgIpc) is 2.56. The first kappa shape index (κ1) is 11.1. The molecule has 0 radical (unpaired) electrons. The van der Waals surface area contributed by atoms with E-state index in [4.69, 9.17) is 0 Å². The summed E-state index contributed by atoms with van der Waals surface area (Å²) in [4.78, 5) is 11.6. The Morgan fingerprint density at radius 1 is 1.67 bits per heavy atom. The zero-order valence-electron chi connectivity index (χ0n) is 8.63. The van der Waals surface area contributed by atoms with E-state index in [1.807, 2.05) is 6.07 Å². The lowest BCUT2D eigenvalue weighted by atomic mass is 9.76. The molecule has 1 N–H and O–H groups in total. The van der Waals surface area contributed by atoms with Gasteiger partial charge in [0.25, 0.3) is 0 Å². The van der Waals surface area contributed by atoms with E-state index in [9.17, 15) is 4.79 Å². The van der Waals surface area contributed by atoms with E-state index in [0.717, 1.165) is 22.5 Å². The Bertz CT molecular complexity index is 357. The molecule has 15 heavy (non-hydrogen) atoms. The van der Waals surface area contributed by atoms with Gasteiger partial charge in [0, 0.05) is 12.5 Å². The van der Waals surface area contributed by atoms with Crippen molar-refractivity contribution >= 4 is 33.2 Å². The van der Waals surface area contributed by atoms with Gasteiger partial charge >= 0.3 is 0 Å². The molecule has 1 fully saturated rings. The minimum atomic E-state index is 0.218. The summed E-state index contributed by atoms with van der Waals surface area (Å²) in [5, 5.41) is 5.04. The number of nitrogens with one attached hydrogen (secondary N) is 1. The monoisotopic (exact) mass is 287 g/mol. The molecule has 1 heterocycles. The summed E-state index contributed by atoms with van der Waals surface area (Å²) in [6.07, 6.45) is 2.11. The Morgan fingerprint density at radius 2 is 2.40 bits per heavy atom. The van der Waals surface area contributed by atoms with Crippen LogP contribution in [0.4, 0.5) is 0 Å². The van der Waals surface area contributed by atoms with Crippen LogP contribution in [0.5, 0.6) is 0 Å². The van der Waals surface area contributed by atoms with Crippen molar-refractivity contribution in [2.75, 3.05) is 0 Å². The highest BCUT2D eigenvalue weighted by molar-refractivity contribution is 9.11. The highest BCUT2D eigenvalue weighted by Gasteiger charge is 2.30. The first-order valence-corrected chi connectivity index (χ1v) is 6.83. The summed E-state index contributed by atoms with van der Waals surface area (Å²) in [6.45, 7) is 2.85. The SMILES string of the molecule is CC1CC(C(=O)NCc2csc(Br)c2)C1. The fourth-order valence-corrected chi connectivity index (χ4v) is 3.10. The molecule has 82 valence electrons. The zero-order valence-corrected chi connectivity index (χ0v) is 11.0. The second kappa shape index (κ2) is 4.66. The maximum atomic E-state index is 11.6. The summed E-state index contributed by atoms with van der Waals surface area (Å²) >= 11 is 5.06. The van der Waals surface area contributed by atoms with Gasteiger partial charge < -0.3 is 5.32 Å². The van der Waals surface area contributed by atoms with Crippen molar-refractivity contribution in [1.82, 2.24) is 5.32 Å². The van der Waals surface area contributed by atoms with Gasteiger partial charge in [-0.1, -0.05) is 6.92 Å². The molecule has 2 rings (SSSR count). The van der Waals surface area contributed by atoms with Crippen LogP contribution in [0.2, 0.25) is 0 Å². The van der Waals surface area contributed by atoms with E-state index in [1.54, 1.807) is 11.3 Å². The van der Waals surface area contributed by atoms with Crippen LogP contribution in [-0.2, 0) is 11.3 Å². The molecule has 1 aromatic rings. The lowest BCUT2D eigenvalue weighted by Crippen LogP contribution is -2.37. The largest absolute Gasteiger partial charge is 0.352 e. The van der Waals surface area contributed by atoms with Crippen LogP contribution in [0.25, 0.3) is 0 Å². The van der Waals surface area contributed by atoms with Crippen molar-refractivity contribution in [2.45, 2.75) is 26.3 Å². The molecule has 1 aromatic heterocycles. The normalized spacial score (nSPS) is 24.7. The molecule has 2 nitrogen and oxygen atoms in total. The summed E-state index contributed by atoms with van der Waals surface area (Å²) < 4.78 is 1.11. The molecule has 0 aliphatic heterocycles. The minimum absolute atomic E-state index is 0.218. The van der Waals surface area contributed by atoms with Crippen molar-refractivity contribution in [3.05, 3.63) is 20.8 Å². The highest BCUT2D eigenvalue weighted by atomic mass is 79.9. The number of hydrogen-bond donors (Lipinski definition) is 1. The molecular formula is C11H14BrNOS. The molecule has 1 saturated carbocycles. The number of rotatable bonds is 3. The maximum absolute atomic E-state index is 11.6. The number of carbonyl (C=O) groups excluding carboxylic acids is 1. The number of amides is 1. The summed E-state index contributed by atoms with van der Waals surface area (Å²) in [6, 6.07) is 2.05. The molecule has 1 aliphatic rings. The molecule has 1 aliphatic carbocycles. The van der Waals surface area contributed by atoms with E-state index < -0.39 is 0 Å². The van der Waals surface area contributed by atoms with Gasteiger partial charge in [-0.15, -0.1) is 11.3 Å². The van der Waals surface area contributed by atoms with E-state index >= 15 is 0 Å². The van der Waals surface area contributed by atoms with E-state index in [0.29, 0.717) is 6.54 Å².